The molecule has 0 aliphatic rings. The Bertz CT molecular complexity index is 886. The van der Waals surface area contributed by atoms with Crippen molar-refractivity contribution in [2.24, 2.45) is 0 Å². The molecule has 0 radical (unpaired) electrons. The van der Waals surface area contributed by atoms with Gasteiger partial charge >= 0.3 is 0 Å². The molecule has 0 aliphatic carbocycles. The van der Waals surface area contributed by atoms with Crippen molar-refractivity contribution in [3.8, 4) is 0 Å². The number of carbonyl (C=O) groups excluding carboxylic acids is 1. The van der Waals surface area contributed by atoms with Crippen molar-refractivity contribution in [3.05, 3.63) is 59.9 Å². The molecular formula is C14H12N4O3S2. The predicted octanol–water partition coefficient (Wildman–Crippen LogP) is 2.52. The zero-order valence-electron chi connectivity index (χ0n) is 11.7. The maximum absolute atomic E-state index is 12.2. The molecule has 2 aromatic heterocycles. The van der Waals surface area contributed by atoms with Gasteiger partial charge in [0.15, 0.2) is 5.13 Å². The number of carbonyl (C=O) groups is 1. The van der Waals surface area contributed by atoms with Gasteiger partial charge in [0.1, 0.15) is 5.69 Å². The number of nitrogens with one attached hydrogen (secondary N) is 3. The maximum Gasteiger partial charge on any atom is 0.272 e. The number of nitrogens with zero attached hydrogens (tertiary/aromatic N) is 1. The highest BCUT2D eigenvalue weighted by molar-refractivity contribution is 7.93. The molecule has 0 bridgehead atoms. The summed E-state index contributed by atoms with van der Waals surface area (Å²) in [6.45, 7) is 0. The molecule has 0 aliphatic heterocycles. The fourth-order valence-corrected chi connectivity index (χ4v) is 3.62. The second-order valence-electron chi connectivity index (χ2n) is 4.51. The van der Waals surface area contributed by atoms with E-state index >= 15 is 0 Å². The lowest BCUT2D eigenvalue weighted by Crippen LogP contribution is -2.14. The largest absolute Gasteiger partial charge is 0.357 e. The van der Waals surface area contributed by atoms with E-state index in [0.717, 1.165) is 0 Å². The number of rotatable bonds is 5. The van der Waals surface area contributed by atoms with E-state index in [0.29, 0.717) is 16.5 Å². The number of H-pyrrole nitrogens is 1. The number of anilines is 2. The van der Waals surface area contributed by atoms with E-state index in [-0.39, 0.29) is 10.8 Å². The molecule has 0 spiro atoms. The summed E-state index contributed by atoms with van der Waals surface area (Å²) in [5, 5.41) is 4.65. The normalized spacial score (nSPS) is 11.1. The molecule has 3 aromatic rings. The van der Waals surface area contributed by atoms with Crippen molar-refractivity contribution in [1.29, 1.82) is 0 Å². The highest BCUT2D eigenvalue weighted by Gasteiger charge is 2.15. The lowest BCUT2D eigenvalue weighted by Gasteiger charge is -2.07. The molecule has 3 N–H and O–H groups in total. The third-order valence-electron chi connectivity index (χ3n) is 2.92. The van der Waals surface area contributed by atoms with Gasteiger partial charge in [-0.05, 0) is 36.4 Å². The first-order valence-electron chi connectivity index (χ1n) is 6.52. The van der Waals surface area contributed by atoms with E-state index in [4.69, 9.17) is 0 Å². The number of amides is 1. The summed E-state index contributed by atoms with van der Waals surface area (Å²) < 4.78 is 26.8. The van der Waals surface area contributed by atoms with Crippen LogP contribution in [0.15, 0.2) is 59.1 Å². The van der Waals surface area contributed by atoms with Gasteiger partial charge in [0.25, 0.3) is 15.9 Å². The Labute approximate surface area is 136 Å². The molecular weight excluding hydrogens is 336 g/mol. The summed E-state index contributed by atoms with van der Waals surface area (Å²) in [6.07, 6.45) is 3.16. The highest BCUT2D eigenvalue weighted by Crippen LogP contribution is 2.19. The second kappa shape index (κ2) is 6.23. The van der Waals surface area contributed by atoms with Gasteiger partial charge in [-0.15, -0.1) is 11.3 Å². The number of aromatic amines is 1. The van der Waals surface area contributed by atoms with Gasteiger partial charge in [-0.1, -0.05) is 0 Å². The molecule has 118 valence electrons. The monoisotopic (exact) mass is 348 g/mol. The maximum atomic E-state index is 12.2. The van der Waals surface area contributed by atoms with E-state index in [2.05, 4.69) is 20.0 Å². The summed E-state index contributed by atoms with van der Waals surface area (Å²) in [5.74, 6) is -0.300. The van der Waals surface area contributed by atoms with Gasteiger partial charge in [0.2, 0.25) is 0 Å². The van der Waals surface area contributed by atoms with Crippen LogP contribution in [0.3, 0.4) is 0 Å². The van der Waals surface area contributed by atoms with E-state index in [9.17, 15) is 13.2 Å². The third kappa shape index (κ3) is 3.58. The first-order valence-corrected chi connectivity index (χ1v) is 8.88. The van der Waals surface area contributed by atoms with Crippen LogP contribution in [0.4, 0.5) is 10.8 Å². The number of hydrogen-bond acceptors (Lipinski definition) is 5. The van der Waals surface area contributed by atoms with Gasteiger partial charge in [0, 0.05) is 23.5 Å². The lowest BCUT2D eigenvalue weighted by molar-refractivity contribution is 0.102. The first-order chi connectivity index (χ1) is 11.0. The second-order valence-corrected chi connectivity index (χ2v) is 7.08. The SMILES string of the molecule is O=C(Nc1ccc(S(=O)(=O)Nc2nccs2)cc1)c1ccc[nH]1. The van der Waals surface area contributed by atoms with Crippen molar-refractivity contribution in [1.82, 2.24) is 9.97 Å². The van der Waals surface area contributed by atoms with Crippen LogP contribution in [0.1, 0.15) is 10.5 Å². The van der Waals surface area contributed by atoms with E-state index in [1.54, 1.807) is 23.7 Å². The predicted molar refractivity (Wildman–Crippen MR) is 88.1 cm³/mol. The molecule has 9 heteroatoms. The van der Waals surface area contributed by atoms with Crippen molar-refractivity contribution < 1.29 is 13.2 Å². The third-order valence-corrected chi connectivity index (χ3v) is 5.09. The van der Waals surface area contributed by atoms with Crippen LogP contribution in [-0.2, 0) is 10.0 Å². The summed E-state index contributed by atoms with van der Waals surface area (Å²) in [6, 6.07) is 9.25. The quantitative estimate of drug-likeness (QED) is 0.659. The molecule has 2 heterocycles. The van der Waals surface area contributed by atoms with Crippen LogP contribution < -0.4 is 10.0 Å². The number of aromatic nitrogens is 2. The first kappa shape index (κ1) is 15.3. The van der Waals surface area contributed by atoms with Crippen LogP contribution in [0.2, 0.25) is 0 Å². The van der Waals surface area contributed by atoms with Crippen LogP contribution in [0.5, 0.6) is 0 Å². The van der Waals surface area contributed by atoms with Crippen molar-refractivity contribution in [2.45, 2.75) is 4.90 Å². The standard InChI is InChI=1S/C14H12N4O3S2/c19-13(12-2-1-7-15-12)17-10-3-5-11(6-4-10)23(20,21)18-14-16-8-9-22-14/h1-9,15H,(H,16,18)(H,17,19). The van der Waals surface area contributed by atoms with Gasteiger partial charge in [-0.25, -0.2) is 13.4 Å². The molecule has 0 unspecified atom stereocenters. The van der Waals surface area contributed by atoms with Crippen molar-refractivity contribution in [3.63, 3.8) is 0 Å². The Hall–Kier alpha value is -2.65. The minimum atomic E-state index is -3.69. The van der Waals surface area contributed by atoms with Gasteiger partial charge < -0.3 is 10.3 Å². The Morgan fingerprint density at radius 3 is 2.57 bits per heavy atom. The molecule has 0 saturated carbocycles. The fraction of sp³-hybridized carbons (Fsp3) is 0. The average Bonchev–Trinajstić information content (AvgIpc) is 3.20. The van der Waals surface area contributed by atoms with E-state index in [1.807, 2.05) is 0 Å². The molecule has 23 heavy (non-hydrogen) atoms. The zero-order valence-corrected chi connectivity index (χ0v) is 13.3. The molecule has 7 nitrogen and oxygen atoms in total. The minimum Gasteiger partial charge on any atom is -0.357 e. The van der Waals surface area contributed by atoms with Gasteiger partial charge in [-0.2, -0.15) is 0 Å². The Morgan fingerprint density at radius 1 is 1.17 bits per heavy atom. The Balaban J connectivity index is 1.73. The Kier molecular flexibility index (Phi) is 4.13. The molecule has 0 saturated heterocycles. The van der Waals surface area contributed by atoms with E-state index in [1.165, 1.54) is 41.8 Å². The van der Waals surface area contributed by atoms with Gasteiger partial charge in [0.05, 0.1) is 4.90 Å². The number of benzene rings is 1. The smallest absolute Gasteiger partial charge is 0.272 e. The molecule has 0 atom stereocenters. The fourth-order valence-electron chi connectivity index (χ4n) is 1.84. The minimum absolute atomic E-state index is 0.0885. The van der Waals surface area contributed by atoms with Crippen LogP contribution in [0.25, 0.3) is 0 Å². The number of sulfonamides is 1. The topological polar surface area (TPSA) is 104 Å². The van der Waals surface area contributed by atoms with Crippen LogP contribution in [-0.4, -0.2) is 24.3 Å². The summed E-state index contributed by atoms with van der Waals surface area (Å²) in [5.41, 5.74) is 0.921. The molecule has 0 fully saturated rings. The van der Waals surface area contributed by atoms with Crippen LogP contribution >= 0.6 is 11.3 Å². The Morgan fingerprint density at radius 2 is 1.96 bits per heavy atom. The summed E-state index contributed by atoms with van der Waals surface area (Å²) >= 11 is 1.19. The molecule has 1 amide bonds. The summed E-state index contributed by atoms with van der Waals surface area (Å²) in [7, 11) is -3.69. The number of hydrogen-bond donors (Lipinski definition) is 3. The summed E-state index contributed by atoms with van der Waals surface area (Å²) in [4.78, 5) is 18.7. The molecule has 3 rings (SSSR count). The van der Waals surface area contributed by atoms with Gasteiger partial charge in [-0.3, -0.25) is 9.52 Å². The van der Waals surface area contributed by atoms with Crippen LogP contribution in [0, 0.1) is 0 Å². The van der Waals surface area contributed by atoms with E-state index < -0.39 is 10.0 Å². The number of thiazole rings is 1. The highest BCUT2D eigenvalue weighted by atomic mass is 32.2. The average molecular weight is 348 g/mol. The molecule has 1 aromatic carbocycles. The lowest BCUT2D eigenvalue weighted by atomic mass is 10.3. The zero-order chi connectivity index (χ0) is 16.3. The van der Waals surface area contributed by atoms with Crippen molar-refractivity contribution in [2.75, 3.05) is 10.0 Å². The van der Waals surface area contributed by atoms with Crippen molar-refractivity contribution >= 4 is 38.1 Å².